The molecular weight excluding hydrogens is 375 g/mol. The predicted octanol–water partition coefficient (Wildman–Crippen LogP) is 2.96. The van der Waals surface area contributed by atoms with Crippen molar-refractivity contribution in [2.75, 3.05) is 7.11 Å². The average Bonchev–Trinajstić information content (AvgIpc) is 2.55. The Morgan fingerprint density at radius 1 is 1.17 bits per heavy atom. The number of hydrogen-bond donors (Lipinski definition) is 0. The molecule has 0 radical (unpaired) electrons. The number of rotatable bonds is 4. The maximum Gasteiger partial charge on any atom is 0.276 e. The van der Waals surface area contributed by atoms with E-state index in [9.17, 15) is 10.1 Å². The summed E-state index contributed by atoms with van der Waals surface area (Å²) in [6, 6.07) is 11.8. The van der Waals surface area contributed by atoms with Gasteiger partial charge >= 0.3 is 0 Å². The van der Waals surface area contributed by atoms with Gasteiger partial charge in [-0.2, -0.15) is 0 Å². The van der Waals surface area contributed by atoms with Crippen LogP contribution in [0, 0.1) is 10.1 Å². The third-order valence-electron chi connectivity index (χ3n) is 3.40. The summed E-state index contributed by atoms with van der Waals surface area (Å²) in [5.74, 6) is 1.25. The van der Waals surface area contributed by atoms with Gasteiger partial charge in [-0.1, -0.05) is 15.9 Å². The van der Waals surface area contributed by atoms with Crippen LogP contribution in [0.25, 0.3) is 10.9 Å². The van der Waals surface area contributed by atoms with Crippen molar-refractivity contribution in [2.45, 2.75) is 0 Å². The second-order valence-corrected chi connectivity index (χ2v) is 6.06. The molecular formula is C16H12BBrN2O4. The quantitative estimate of drug-likeness (QED) is 0.391. The first-order valence-corrected chi connectivity index (χ1v) is 7.84. The Morgan fingerprint density at radius 2 is 1.92 bits per heavy atom. The highest BCUT2D eigenvalue weighted by molar-refractivity contribution is 9.10. The van der Waals surface area contributed by atoms with Gasteiger partial charge in [0.15, 0.2) is 7.85 Å². The molecule has 3 aromatic rings. The summed E-state index contributed by atoms with van der Waals surface area (Å²) in [6.45, 7) is 0. The van der Waals surface area contributed by atoms with E-state index in [1.165, 1.54) is 19.2 Å². The van der Waals surface area contributed by atoms with Gasteiger partial charge in [-0.15, -0.1) is 0 Å². The normalized spacial score (nSPS) is 10.6. The molecule has 1 heterocycles. The Labute approximate surface area is 147 Å². The zero-order valence-electron chi connectivity index (χ0n) is 12.9. The predicted molar refractivity (Wildman–Crippen MR) is 97.3 cm³/mol. The Balaban J connectivity index is 2.11. The van der Waals surface area contributed by atoms with Crippen molar-refractivity contribution < 1.29 is 14.4 Å². The number of fused-ring (bicyclic) bond motifs is 1. The first-order valence-electron chi connectivity index (χ1n) is 7.04. The molecule has 24 heavy (non-hydrogen) atoms. The molecule has 0 aliphatic carbocycles. The van der Waals surface area contributed by atoms with Crippen LogP contribution in [-0.4, -0.2) is 24.9 Å². The lowest BCUT2D eigenvalue weighted by Crippen LogP contribution is -2.08. The van der Waals surface area contributed by atoms with Gasteiger partial charge in [0, 0.05) is 15.9 Å². The van der Waals surface area contributed by atoms with Crippen molar-refractivity contribution >= 4 is 46.0 Å². The molecule has 0 aliphatic rings. The summed E-state index contributed by atoms with van der Waals surface area (Å²) >= 11 is 3.43. The van der Waals surface area contributed by atoms with Gasteiger partial charge in [-0.3, -0.25) is 15.1 Å². The standard InChI is InChI=1S/C16H12BBrN2O4/c1-23-11-5-10(20(21)22)6-12(7-11)24-15-8-16(17)19-14-3-2-9(18)4-13(14)15/h2-8H,17H2,1H3. The Bertz CT molecular complexity index is 949. The van der Waals surface area contributed by atoms with Gasteiger partial charge in [0.05, 0.1) is 29.7 Å². The minimum atomic E-state index is -0.484. The molecule has 0 aliphatic heterocycles. The Kier molecular flexibility index (Phi) is 4.39. The maximum atomic E-state index is 11.1. The van der Waals surface area contributed by atoms with Gasteiger partial charge in [-0.25, -0.2) is 0 Å². The van der Waals surface area contributed by atoms with Crippen molar-refractivity contribution in [3.8, 4) is 17.2 Å². The molecule has 0 unspecified atom stereocenters. The Morgan fingerprint density at radius 3 is 2.62 bits per heavy atom. The zero-order chi connectivity index (χ0) is 17.3. The fourth-order valence-electron chi connectivity index (χ4n) is 2.34. The molecule has 1 aromatic heterocycles. The molecule has 0 amide bonds. The maximum absolute atomic E-state index is 11.1. The van der Waals surface area contributed by atoms with Crippen LogP contribution >= 0.6 is 15.9 Å². The molecule has 0 fully saturated rings. The van der Waals surface area contributed by atoms with Gasteiger partial charge < -0.3 is 9.47 Å². The van der Waals surface area contributed by atoms with E-state index in [4.69, 9.17) is 9.47 Å². The van der Waals surface area contributed by atoms with E-state index in [2.05, 4.69) is 20.9 Å². The van der Waals surface area contributed by atoms with Gasteiger partial charge in [-0.05, 0) is 29.9 Å². The molecule has 0 bridgehead atoms. The molecule has 0 saturated heterocycles. The van der Waals surface area contributed by atoms with E-state index < -0.39 is 4.92 Å². The number of halogens is 1. The molecule has 2 aromatic carbocycles. The summed E-state index contributed by atoms with van der Waals surface area (Å²) in [6.07, 6.45) is 0. The number of ether oxygens (including phenoxy) is 2. The summed E-state index contributed by atoms with van der Waals surface area (Å²) in [7, 11) is 3.31. The van der Waals surface area contributed by atoms with Crippen molar-refractivity contribution in [1.82, 2.24) is 4.98 Å². The van der Waals surface area contributed by atoms with Crippen molar-refractivity contribution in [1.29, 1.82) is 0 Å². The summed E-state index contributed by atoms with van der Waals surface area (Å²) in [5.41, 5.74) is 1.48. The van der Waals surface area contributed by atoms with Crippen LogP contribution in [0.3, 0.4) is 0 Å². The van der Waals surface area contributed by atoms with Crippen molar-refractivity contribution in [3.63, 3.8) is 0 Å². The van der Waals surface area contributed by atoms with Gasteiger partial charge in [0.25, 0.3) is 5.69 Å². The average molecular weight is 387 g/mol. The number of benzene rings is 2. The SMILES string of the molecule is Bc1cc(Oc2cc(OC)cc([N+](=O)[O-])c2)c2cc(Br)ccc2n1. The van der Waals surface area contributed by atoms with Gasteiger partial charge in [0.2, 0.25) is 0 Å². The zero-order valence-corrected chi connectivity index (χ0v) is 14.5. The highest BCUT2D eigenvalue weighted by Gasteiger charge is 2.13. The van der Waals surface area contributed by atoms with Crippen LogP contribution in [0.15, 0.2) is 46.9 Å². The fourth-order valence-corrected chi connectivity index (χ4v) is 2.70. The molecule has 0 atom stereocenters. The third-order valence-corrected chi connectivity index (χ3v) is 3.89. The largest absolute Gasteiger partial charge is 0.496 e. The second kappa shape index (κ2) is 6.49. The van der Waals surface area contributed by atoms with Crippen LogP contribution in [0.2, 0.25) is 0 Å². The smallest absolute Gasteiger partial charge is 0.276 e. The van der Waals surface area contributed by atoms with Crippen LogP contribution in [-0.2, 0) is 0 Å². The number of hydrogen-bond acceptors (Lipinski definition) is 5. The molecule has 120 valence electrons. The topological polar surface area (TPSA) is 74.5 Å². The van der Waals surface area contributed by atoms with Gasteiger partial charge in [0.1, 0.15) is 17.2 Å². The molecule has 3 rings (SSSR count). The number of non-ortho nitro benzene ring substituents is 1. The van der Waals surface area contributed by atoms with Crippen molar-refractivity contribution in [3.05, 3.63) is 57.1 Å². The monoisotopic (exact) mass is 386 g/mol. The number of pyridine rings is 1. The van der Waals surface area contributed by atoms with Crippen LogP contribution < -0.4 is 15.1 Å². The number of nitro benzene ring substituents is 1. The first kappa shape index (κ1) is 16.3. The van der Waals surface area contributed by atoms with Crippen LogP contribution in [0.1, 0.15) is 0 Å². The highest BCUT2D eigenvalue weighted by atomic mass is 79.9. The molecule has 8 heteroatoms. The molecule has 0 N–H and O–H groups in total. The van der Waals surface area contributed by atoms with E-state index >= 15 is 0 Å². The Hall–Kier alpha value is -2.61. The fraction of sp³-hybridized carbons (Fsp3) is 0.0625. The molecule has 0 saturated carbocycles. The van der Waals surface area contributed by atoms with E-state index in [1.807, 2.05) is 26.0 Å². The number of aromatic nitrogens is 1. The van der Waals surface area contributed by atoms with E-state index in [1.54, 1.807) is 12.1 Å². The van der Waals surface area contributed by atoms with Crippen molar-refractivity contribution in [2.24, 2.45) is 0 Å². The van der Waals surface area contributed by atoms with Crippen LogP contribution in [0.5, 0.6) is 17.2 Å². The summed E-state index contributed by atoms with van der Waals surface area (Å²) in [4.78, 5) is 15.0. The lowest BCUT2D eigenvalue weighted by Gasteiger charge is -2.11. The van der Waals surface area contributed by atoms with Crippen LogP contribution in [0.4, 0.5) is 5.69 Å². The summed E-state index contributed by atoms with van der Waals surface area (Å²) < 4.78 is 11.9. The number of nitro groups is 1. The van der Waals surface area contributed by atoms with E-state index in [0.29, 0.717) is 17.2 Å². The highest BCUT2D eigenvalue weighted by Crippen LogP contribution is 2.34. The number of methoxy groups -OCH3 is 1. The molecule has 0 spiro atoms. The first-order chi connectivity index (χ1) is 11.5. The second-order valence-electron chi connectivity index (χ2n) is 5.15. The van der Waals surface area contributed by atoms with E-state index in [-0.39, 0.29) is 5.69 Å². The summed E-state index contributed by atoms with van der Waals surface area (Å²) in [5, 5.41) is 11.9. The minimum Gasteiger partial charge on any atom is -0.496 e. The van der Waals surface area contributed by atoms with E-state index in [0.717, 1.165) is 21.0 Å². The number of nitrogens with zero attached hydrogens (tertiary/aromatic N) is 2. The minimum absolute atomic E-state index is 0.0967. The lowest BCUT2D eigenvalue weighted by molar-refractivity contribution is -0.385. The third kappa shape index (κ3) is 3.33. The molecule has 6 nitrogen and oxygen atoms in total. The lowest BCUT2D eigenvalue weighted by atomic mass is 10.0.